The Morgan fingerprint density at radius 3 is 2.44 bits per heavy atom. The van der Waals surface area contributed by atoms with Crippen LogP contribution in [0.1, 0.15) is 52.4 Å². The van der Waals surface area contributed by atoms with Crippen LogP contribution in [0, 0.1) is 5.92 Å². The lowest BCUT2D eigenvalue weighted by atomic mass is 10.0. The van der Waals surface area contributed by atoms with Crippen LogP contribution in [0.3, 0.4) is 0 Å². The van der Waals surface area contributed by atoms with Gasteiger partial charge in [0.05, 0.1) is 6.61 Å². The number of ether oxygens (including phenoxy) is 2. The van der Waals surface area contributed by atoms with E-state index in [1.54, 1.807) is 0 Å². The van der Waals surface area contributed by atoms with Gasteiger partial charge in [0, 0.05) is 12.5 Å². The average molecular weight is 228 g/mol. The molecule has 1 unspecified atom stereocenters. The summed E-state index contributed by atoms with van der Waals surface area (Å²) in [5.74, 6) is 0.488. The summed E-state index contributed by atoms with van der Waals surface area (Å²) in [6.45, 7) is 9.95. The molecule has 0 N–H and O–H groups in total. The quantitative estimate of drug-likeness (QED) is 0.284. The molecule has 0 aromatic carbocycles. The van der Waals surface area contributed by atoms with Gasteiger partial charge in [-0.15, -0.1) is 6.58 Å². The van der Waals surface area contributed by atoms with E-state index in [0.29, 0.717) is 12.7 Å². The Morgan fingerprint density at radius 2 is 1.81 bits per heavy atom. The molecule has 0 saturated carbocycles. The van der Waals surface area contributed by atoms with Gasteiger partial charge >= 0.3 is 0 Å². The number of unbranched alkanes of at least 4 members (excludes halogenated alkanes) is 4. The first-order valence-electron chi connectivity index (χ1n) is 6.63. The third-order valence-electron chi connectivity index (χ3n) is 2.71. The Hall–Kier alpha value is -0.340. The summed E-state index contributed by atoms with van der Waals surface area (Å²) < 4.78 is 10.5. The molecule has 2 heteroatoms. The molecule has 16 heavy (non-hydrogen) atoms. The van der Waals surface area contributed by atoms with Crippen molar-refractivity contribution in [3.8, 4) is 0 Å². The highest BCUT2D eigenvalue weighted by atomic mass is 16.7. The Morgan fingerprint density at radius 1 is 1.06 bits per heavy atom. The van der Waals surface area contributed by atoms with E-state index in [-0.39, 0.29) is 0 Å². The smallest absolute Gasteiger partial charge is 0.146 e. The SMILES string of the molecule is C=CC(CCCCCCC)COCOCC. The van der Waals surface area contributed by atoms with Crippen molar-refractivity contribution in [3.05, 3.63) is 12.7 Å². The summed E-state index contributed by atoms with van der Waals surface area (Å²) in [7, 11) is 0. The molecule has 0 heterocycles. The second-order valence-electron chi connectivity index (χ2n) is 4.18. The molecule has 96 valence electrons. The van der Waals surface area contributed by atoms with Crippen molar-refractivity contribution in [2.45, 2.75) is 52.4 Å². The summed E-state index contributed by atoms with van der Waals surface area (Å²) in [5, 5.41) is 0. The van der Waals surface area contributed by atoms with E-state index in [1.165, 1.54) is 38.5 Å². The normalized spacial score (nSPS) is 12.6. The molecule has 0 amide bonds. The topological polar surface area (TPSA) is 18.5 Å². The molecule has 0 bridgehead atoms. The third kappa shape index (κ3) is 10.2. The number of hydrogen-bond donors (Lipinski definition) is 0. The van der Waals surface area contributed by atoms with Gasteiger partial charge in [-0.3, -0.25) is 0 Å². The van der Waals surface area contributed by atoms with Crippen molar-refractivity contribution in [3.63, 3.8) is 0 Å². The highest BCUT2D eigenvalue weighted by Gasteiger charge is 2.03. The van der Waals surface area contributed by atoms with Crippen LogP contribution in [-0.2, 0) is 9.47 Å². The lowest BCUT2D eigenvalue weighted by Gasteiger charge is -2.12. The van der Waals surface area contributed by atoms with Crippen LogP contribution in [0.2, 0.25) is 0 Å². The lowest BCUT2D eigenvalue weighted by Crippen LogP contribution is -2.09. The largest absolute Gasteiger partial charge is 0.356 e. The number of rotatable bonds is 12. The van der Waals surface area contributed by atoms with Crippen molar-refractivity contribution in [2.75, 3.05) is 20.0 Å². The third-order valence-corrected chi connectivity index (χ3v) is 2.71. The Labute approximate surface area is 101 Å². The molecule has 0 aliphatic carbocycles. The van der Waals surface area contributed by atoms with Crippen LogP contribution in [0.15, 0.2) is 12.7 Å². The molecule has 0 rings (SSSR count). The van der Waals surface area contributed by atoms with Crippen molar-refractivity contribution in [2.24, 2.45) is 5.92 Å². The zero-order valence-electron chi connectivity index (χ0n) is 11.0. The van der Waals surface area contributed by atoms with Crippen molar-refractivity contribution in [1.29, 1.82) is 0 Å². The van der Waals surface area contributed by atoms with Crippen LogP contribution in [0.4, 0.5) is 0 Å². The first-order chi connectivity index (χ1) is 7.85. The van der Waals surface area contributed by atoms with Crippen molar-refractivity contribution in [1.82, 2.24) is 0 Å². The van der Waals surface area contributed by atoms with E-state index in [1.807, 2.05) is 13.0 Å². The molecule has 0 aromatic rings. The van der Waals surface area contributed by atoms with Gasteiger partial charge in [0.2, 0.25) is 0 Å². The van der Waals surface area contributed by atoms with Crippen LogP contribution in [0.25, 0.3) is 0 Å². The second kappa shape index (κ2) is 12.7. The predicted octanol–water partition coefficient (Wildman–Crippen LogP) is 4.16. The summed E-state index contributed by atoms with van der Waals surface area (Å²) >= 11 is 0. The highest BCUT2D eigenvalue weighted by molar-refractivity contribution is 4.78. The van der Waals surface area contributed by atoms with E-state index in [9.17, 15) is 0 Å². The van der Waals surface area contributed by atoms with Gasteiger partial charge in [-0.2, -0.15) is 0 Å². The summed E-state index contributed by atoms with van der Waals surface area (Å²) in [6.07, 6.45) is 9.85. The fourth-order valence-electron chi connectivity index (χ4n) is 1.62. The van der Waals surface area contributed by atoms with Crippen molar-refractivity contribution >= 4 is 0 Å². The number of hydrogen-bond acceptors (Lipinski definition) is 2. The summed E-state index contributed by atoms with van der Waals surface area (Å²) in [4.78, 5) is 0. The van der Waals surface area contributed by atoms with Gasteiger partial charge in [-0.25, -0.2) is 0 Å². The minimum atomic E-state index is 0.413. The molecule has 0 spiro atoms. The average Bonchev–Trinajstić information content (AvgIpc) is 2.31. The van der Waals surface area contributed by atoms with Gasteiger partial charge < -0.3 is 9.47 Å². The van der Waals surface area contributed by atoms with E-state index >= 15 is 0 Å². The molecule has 0 fully saturated rings. The molecule has 0 aliphatic heterocycles. The summed E-state index contributed by atoms with van der Waals surface area (Å²) in [6, 6.07) is 0. The molecule has 1 atom stereocenters. The Kier molecular flexibility index (Phi) is 12.5. The van der Waals surface area contributed by atoms with Gasteiger partial charge in [0.1, 0.15) is 6.79 Å². The van der Waals surface area contributed by atoms with Crippen molar-refractivity contribution < 1.29 is 9.47 Å². The lowest BCUT2D eigenvalue weighted by molar-refractivity contribution is -0.0570. The van der Waals surface area contributed by atoms with Gasteiger partial charge in [-0.1, -0.05) is 45.1 Å². The second-order valence-corrected chi connectivity index (χ2v) is 4.18. The van der Waals surface area contributed by atoms with Gasteiger partial charge in [-0.05, 0) is 13.3 Å². The highest BCUT2D eigenvalue weighted by Crippen LogP contribution is 2.13. The zero-order chi connectivity index (χ0) is 12.1. The minimum absolute atomic E-state index is 0.413. The molecule has 2 nitrogen and oxygen atoms in total. The van der Waals surface area contributed by atoms with E-state index < -0.39 is 0 Å². The van der Waals surface area contributed by atoms with E-state index in [4.69, 9.17) is 9.47 Å². The van der Waals surface area contributed by atoms with E-state index in [0.717, 1.165) is 13.2 Å². The molecule has 0 aromatic heterocycles. The van der Waals surface area contributed by atoms with Crippen LogP contribution >= 0.6 is 0 Å². The fourth-order valence-corrected chi connectivity index (χ4v) is 1.62. The molecular formula is C14H28O2. The van der Waals surface area contributed by atoms with Gasteiger partial charge in [0.15, 0.2) is 0 Å². The maximum Gasteiger partial charge on any atom is 0.146 e. The van der Waals surface area contributed by atoms with E-state index in [2.05, 4.69) is 13.5 Å². The van der Waals surface area contributed by atoms with Crippen LogP contribution in [-0.4, -0.2) is 20.0 Å². The fraction of sp³-hybridized carbons (Fsp3) is 0.857. The van der Waals surface area contributed by atoms with Crippen LogP contribution in [0.5, 0.6) is 0 Å². The minimum Gasteiger partial charge on any atom is -0.356 e. The van der Waals surface area contributed by atoms with Crippen LogP contribution < -0.4 is 0 Å². The maximum atomic E-state index is 5.41. The van der Waals surface area contributed by atoms with Gasteiger partial charge in [0.25, 0.3) is 0 Å². The molecule has 0 radical (unpaired) electrons. The zero-order valence-corrected chi connectivity index (χ0v) is 11.0. The monoisotopic (exact) mass is 228 g/mol. The standard InChI is InChI=1S/C14H28O2/c1-4-7-8-9-10-11-14(5-2)12-16-13-15-6-3/h5,14H,2,4,6-13H2,1,3H3. The first-order valence-corrected chi connectivity index (χ1v) is 6.63. The molecule has 0 aliphatic rings. The maximum absolute atomic E-state index is 5.41. The Bertz CT molecular complexity index is 146. The molecular weight excluding hydrogens is 200 g/mol. The Balaban J connectivity index is 3.33. The predicted molar refractivity (Wildman–Crippen MR) is 69.5 cm³/mol. The summed E-state index contributed by atoms with van der Waals surface area (Å²) in [5.41, 5.74) is 0. The molecule has 0 saturated heterocycles. The first kappa shape index (κ1) is 15.7.